The Morgan fingerprint density at radius 3 is 2.58 bits per heavy atom. The van der Waals surface area contributed by atoms with Gasteiger partial charge >= 0.3 is 6.03 Å². The Balaban J connectivity index is 1.28. The highest BCUT2D eigenvalue weighted by Gasteiger charge is 2.29. The lowest BCUT2D eigenvalue weighted by Crippen LogP contribution is -2.42. The minimum Gasteiger partial charge on any atom is -0.493 e. The standard InChI is InChI=1S/C31H34N4O3/c1-37-29-20-23-15-18-35(28(25(23)21-30(29)38-2)13-12-22-8-4-3-5-9-22)19-17-33-31(36)34-27-14-16-32-26-11-7-6-10-24(26)27/h3-11,14,16,20-21,28H,12-13,15,17-19H2,1-2H3,(H2,32,33,34,36). The van der Waals surface area contributed by atoms with Crippen molar-refractivity contribution in [1.82, 2.24) is 15.2 Å². The summed E-state index contributed by atoms with van der Waals surface area (Å²) in [4.78, 5) is 19.6. The van der Waals surface area contributed by atoms with Gasteiger partial charge in [0.15, 0.2) is 11.5 Å². The Morgan fingerprint density at radius 1 is 1.00 bits per heavy atom. The van der Waals surface area contributed by atoms with E-state index in [2.05, 4.69) is 56.9 Å². The van der Waals surface area contributed by atoms with E-state index in [9.17, 15) is 4.79 Å². The van der Waals surface area contributed by atoms with E-state index in [1.165, 1.54) is 16.7 Å². The first-order valence-corrected chi connectivity index (χ1v) is 13.1. The van der Waals surface area contributed by atoms with Gasteiger partial charge in [-0.2, -0.15) is 0 Å². The van der Waals surface area contributed by atoms with Crippen molar-refractivity contribution in [2.45, 2.75) is 25.3 Å². The summed E-state index contributed by atoms with van der Waals surface area (Å²) in [5, 5.41) is 6.95. The zero-order chi connectivity index (χ0) is 26.3. The lowest BCUT2D eigenvalue weighted by Gasteiger charge is -2.38. The molecular formula is C31H34N4O3. The highest BCUT2D eigenvalue weighted by molar-refractivity contribution is 6.00. The van der Waals surface area contributed by atoms with E-state index >= 15 is 0 Å². The number of pyridine rings is 1. The summed E-state index contributed by atoms with van der Waals surface area (Å²) < 4.78 is 11.2. The summed E-state index contributed by atoms with van der Waals surface area (Å²) in [6.45, 7) is 2.21. The number of aryl methyl sites for hydroxylation is 1. The Bertz CT molecular complexity index is 1390. The Kier molecular flexibility index (Phi) is 8.04. The third kappa shape index (κ3) is 5.73. The number of nitrogens with one attached hydrogen (secondary N) is 2. The van der Waals surface area contributed by atoms with E-state index in [1.807, 2.05) is 36.4 Å². The molecule has 38 heavy (non-hydrogen) atoms. The van der Waals surface area contributed by atoms with Gasteiger partial charge in [0.2, 0.25) is 0 Å². The van der Waals surface area contributed by atoms with Gasteiger partial charge in [-0.1, -0.05) is 48.5 Å². The number of carbonyl (C=O) groups excluding carboxylic acids is 1. The molecule has 0 bridgehead atoms. The lowest BCUT2D eigenvalue weighted by atomic mass is 9.88. The number of amides is 2. The number of anilines is 1. The topological polar surface area (TPSA) is 75.7 Å². The maximum absolute atomic E-state index is 12.8. The van der Waals surface area contributed by atoms with Crippen molar-refractivity contribution < 1.29 is 14.3 Å². The molecule has 7 heteroatoms. The molecule has 1 atom stereocenters. The van der Waals surface area contributed by atoms with E-state index < -0.39 is 0 Å². The average Bonchev–Trinajstić information content (AvgIpc) is 2.96. The summed E-state index contributed by atoms with van der Waals surface area (Å²) in [7, 11) is 3.36. The third-order valence-electron chi connectivity index (χ3n) is 7.24. The van der Waals surface area contributed by atoms with Gasteiger partial charge in [-0.25, -0.2) is 4.79 Å². The fraction of sp³-hybridized carbons (Fsp3) is 0.290. The number of benzene rings is 3. The van der Waals surface area contributed by atoms with Crippen LogP contribution in [-0.2, 0) is 12.8 Å². The molecule has 0 spiro atoms. The molecule has 1 unspecified atom stereocenters. The highest BCUT2D eigenvalue weighted by atomic mass is 16.5. The van der Waals surface area contributed by atoms with E-state index in [0.717, 1.165) is 60.4 Å². The number of carbonyl (C=O) groups is 1. The number of para-hydroxylation sites is 1. The number of aromatic nitrogens is 1. The molecule has 3 aromatic carbocycles. The van der Waals surface area contributed by atoms with Crippen molar-refractivity contribution >= 4 is 22.6 Å². The van der Waals surface area contributed by atoms with Gasteiger partial charge in [0.1, 0.15) is 0 Å². The van der Waals surface area contributed by atoms with Crippen LogP contribution in [0.5, 0.6) is 11.5 Å². The normalized spacial score (nSPS) is 15.1. The summed E-state index contributed by atoms with van der Waals surface area (Å²) >= 11 is 0. The minimum atomic E-state index is -0.217. The van der Waals surface area contributed by atoms with Crippen LogP contribution in [0.2, 0.25) is 0 Å². The SMILES string of the molecule is COc1cc2c(cc1OC)C(CCc1ccccc1)N(CCNC(=O)Nc1ccnc3ccccc13)CC2. The van der Waals surface area contributed by atoms with Crippen LogP contribution in [0.25, 0.3) is 10.9 Å². The fourth-order valence-corrected chi connectivity index (χ4v) is 5.32. The monoisotopic (exact) mass is 510 g/mol. The Morgan fingerprint density at radius 2 is 1.76 bits per heavy atom. The van der Waals surface area contributed by atoms with Gasteiger partial charge in [-0.15, -0.1) is 0 Å². The molecule has 2 heterocycles. The van der Waals surface area contributed by atoms with E-state index in [0.29, 0.717) is 6.54 Å². The van der Waals surface area contributed by atoms with Crippen molar-refractivity contribution in [2.75, 3.05) is 39.2 Å². The molecule has 1 aliphatic heterocycles. The van der Waals surface area contributed by atoms with E-state index in [4.69, 9.17) is 9.47 Å². The molecule has 4 aromatic rings. The first-order valence-electron chi connectivity index (χ1n) is 13.1. The smallest absolute Gasteiger partial charge is 0.319 e. The first-order chi connectivity index (χ1) is 18.7. The predicted octanol–water partition coefficient (Wildman–Crippen LogP) is 5.61. The number of fused-ring (bicyclic) bond motifs is 2. The van der Waals surface area contributed by atoms with Crippen LogP contribution < -0.4 is 20.1 Å². The predicted molar refractivity (Wildman–Crippen MR) is 151 cm³/mol. The number of nitrogens with zero attached hydrogens (tertiary/aromatic N) is 2. The van der Waals surface area contributed by atoms with Gasteiger partial charge in [-0.3, -0.25) is 9.88 Å². The second kappa shape index (κ2) is 12.0. The van der Waals surface area contributed by atoms with Crippen molar-refractivity contribution in [3.05, 3.63) is 95.7 Å². The van der Waals surface area contributed by atoms with Crippen LogP contribution in [0.1, 0.15) is 29.2 Å². The average molecular weight is 511 g/mol. The number of ether oxygens (including phenoxy) is 2. The van der Waals surface area contributed by atoms with Crippen LogP contribution in [-0.4, -0.2) is 49.8 Å². The summed E-state index contributed by atoms with van der Waals surface area (Å²) in [5.74, 6) is 1.52. The number of rotatable bonds is 9. The molecule has 2 amide bonds. The van der Waals surface area contributed by atoms with Crippen molar-refractivity contribution in [3.8, 4) is 11.5 Å². The third-order valence-corrected chi connectivity index (χ3v) is 7.24. The maximum Gasteiger partial charge on any atom is 0.319 e. The second-order valence-corrected chi connectivity index (χ2v) is 9.49. The first kappa shape index (κ1) is 25.5. The van der Waals surface area contributed by atoms with E-state index in [-0.39, 0.29) is 12.1 Å². The summed E-state index contributed by atoms with van der Waals surface area (Å²) in [5.41, 5.74) is 5.50. The quantitative estimate of drug-likeness (QED) is 0.306. The molecule has 1 aromatic heterocycles. The number of methoxy groups -OCH3 is 2. The van der Waals surface area contributed by atoms with Crippen LogP contribution in [0.4, 0.5) is 10.5 Å². The van der Waals surface area contributed by atoms with Crippen molar-refractivity contribution in [1.29, 1.82) is 0 Å². The second-order valence-electron chi connectivity index (χ2n) is 9.49. The molecule has 196 valence electrons. The van der Waals surface area contributed by atoms with Crippen molar-refractivity contribution in [2.24, 2.45) is 0 Å². The molecule has 0 radical (unpaired) electrons. The van der Waals surface area contributed by atoms with Crippen molar-refractivity contribution in [3.63, 3.8) is 0 Å². The molecule has 2 N–H and O–H groups in total. The molecule has 1 aliphatic rings. The molecule has 0 saturated carbocycles. The molecule has 0 saturated heterocycles. The van der Waals surface area contributed by atoms with Gasteiger partial charge in [-0.05, 0) is 60.2 Å². The molecule has 0 fully saturated rings. The Labute approximate surface area is 223 Å². The molecule has 5 rings (SSSR count). The van der Waals surface area contributed by atoms with Crippen LogP contribution in [0.15, 0.2) is 79.0 Å². The fourth-order valence-electron chi connectivity index (χ4n) is 5.32. The Hall–Kier alpha value is -4.10. The van der Waals surface area contributed by atoms with Gasteiger partial charge in [0, 0.05) is 37.3 Å². The van der Waals surface area contributed by atoms with Gasteiger partial charge < -0.3 is 20.1 Å². The van der Waals surface area contributed by atoms with Crippen LogP contribution >= 0.6 is 0 Å². The lowest BCUT2D eigenvalue weighted by molar-refractivity contribution is 0.176. The van der Waals surface area contributed by atoms with E-state index in [1.54, 1.807) is 20.4 Å². The zero-order valence-electron chi connectivity index (χ0n) is 21.9. The van der Waals surface area contributed by atoms with Crippen LogP contribution in [0, 0.1) is 0 Å². The van der Waals surface area contributed by atoms with Gasteiger partial charge in [0.25, 0.3) is 0 Å². The summed E-state index contributed by atoms with van der Waals surface area (Å²) in [6.07, 6.45) is 4.58. The van der Waals surface area contributed by atoms with Crippen LogP contribution in [0.3, 0.4) is 0 Å². The number of hydrogen-bond donors (Lipinski definition) is 2. The zero-order valence-corrected chi connectivity index (χ0v) is 21.9. The molecular weight excluding hydrogens is 476 g/mol. The highest BCUT2D eigenvalue weighted by Crippen LogP contribution is 2.39. The molecule has 0 aliphatic carbocycles. The number of urea groups is 1. The maximum atomic E-state index is 12.8. The molecule has 7 nitrogen and oxygen atoms in total. The summed E-state index contributed by atoms with van der Waals surface area (Å²) in [6, 6.07) is 24.4. The largest absolute Gasteiger partial charge is 0.493 e. The van der Waals surface area contributed by atoms with Gasteiger partial charge in [0.05, 0.1) is 25.4 Å². The minimum absolute atomic E-state index is 0.216. The number of hydrogen-bond acceptors (Lipinski definition) is 5.